The first-order valence-electron chi connectivity index (χ1n) is 7.66. The van der Waals surface area contributed by atoms with Gasteiger partial charge in [-0.15, -0.1) is 0 Å². The summed E-state index contributed by atoms with van der Waals surface area (Å²) in [6.45, 7) is 5.91. The van der Waals surface area contributed by atoms with Gasteiger partial charge in [0.05, 0.1) is 0 Å². The van der Waals surface area contributed by atoms with Crippen molar-refractivity contribution in [2.75, 3.05) is 13.1 Å². The fourth-order valence-electron chi connectivity index (χ4n) is 3.91. The Bertz CT molecular complexity index is 505. The summed E-state index contributed by atoms with van der Waals surface area (Å²) in [5.74, 6) is 1.48. The second kappa shape index (κ2) is 5.21. The molecule has 0 spiro atoms. The molecule has 1 amide bonds. The van der Waals surface area contributed by atoms with E-state index in [1.807, 2.05) is 30.9 Å². The third kappa shape index (κ3) is 2.59. The van der Waals surface area contributed by atoms with E-state index in [-0.39, 0.29) is 5.91 Å². The highest BCUT2D eigenvalue weighted by Crippen LogP contribution is 2.36. The zero-order valence-electron chi connectivity index (χ0n) is 12.4. The molecular weight excluding hydrogens is 248 g/mol. The van der Waals surface area contributed by atoms with Crippen LogP contribution in [0.1, 0.15) is 40.7 Å². The molecule has 0 aromatic heterocycles. The second-order valence-electron chi connectivity index (χ2n) is 6.68. The molecule has 1 saturated carbocycles. The highest BCUT2D eigenvalue weighted by molar-refractivity contribution is 5.94. The summed E-state index contributed by atoms with van der Waals surface area (Å²) in [7, 11) is 0. The average Bonchev–Trinajstić information content (AvgIpc) is 2.79. The van der Waals surface area contributed by atoms with E-state index in [0.717, 1.165) is 42.6 Å². The van der Waals surface area contributed by atoms with Crippen LogP contribution in [-0.2, 0) is 0 Å². The number of rotatable bonds is 1. The monoisotopic (exact) mass is 272 g/mol. The van der Waals surface area contributed by atoms with Gasteiger partial charge in [0.2, 0.25) is 0 Å². The molecule has 1 heterocycles. The Morgan fingerprint density at radius 2 is 1.75 bits per heavy atom. The molecule has 2 aliphatic rings. The number of fused-ring (bicyclic) bond motifs is 1. The van der Waals surface area contributed by atoms with Gasteiger partial charge in [-0.2, -0.15) is 0 Å². The number of hydrogen-bond donors (Lipinski definition) is 1. The van der Waals surface area contributed by atoms with Crippen molar-refractivity contribution in [3.63, 3.8) is 0 Å². The molecule has 0 bridgehead atoms. The summed E-state index contributed by atoms with van der Waals surface area (Å²) in [6.07, 6.45) is 3.39. The number of nitrogens with two attached hydrogens (primary N) is 1. The minimum absolute atomic E-state index is 0.194. The molecule has 108 valence electrons. The van der Waals surface area contributed by atoms with Crippen LogP contribution in [0.5, 0.6) is 0 Å². The van der Waals surface area contributed by atoms with E-state index in [1.54, 1.807) is 0 Å². The van der Waals surface area contributed by atoms with E-state index in [0.29, 0.717) is 17.9 Å². The third-order valence-electron chi connectivity index (χ3n) is 4.85. The molecular formula is C17H24N2O. The topological polar surface area (TPSA) is 46.3 Å². The van der Waals surface area contributed by atoms with E-state index < -0.39 is 0 Å². The van der Waals surface area contributed by atoms with E-state index in [4.69, 9.17) is 5.73 Å². The number of carbonyl (C=O) groups excluding carboxylic acids is 1. The minimum Gasteiger partial charge on any atom is -0.338 e. The molecule has 1 unspecified atom stereocenters. The zero-order chi connectivity index (χ0) is 14.3. The molecule has 2 N–H and O–H groups in total. The third-order valence-corrected chi connectivity index (χ3v) is 4.85. The van der Waals surface area contributed by atoms with Gasteiger partial charge in [-0.1, -0.05) is 17.2 Å². The van der Waals surface area contributed by atoms with Crippen LogP contribution < -0.4 is 5.73 Å². The van der Waals surface area contributed by atoms with Crippen LogP contribution in [-0.4, -0.2) is 29.9 Å². The highest BCUT2D eigenvalue weighted by atomic mass is 16.2. The summed E-state index contributed by atoms with van der Waals surface area (Å²) in [5, 5.41) is 0. The lowest BCUT2D eigenvalue weighted by Gasteiger charge is -2.27. The van der Waals surface area contributed by atoms with Crippen molar-refractivity contribution < 1.29 is 4.79 Å². The number of amides is 1. The van der Waals surface area contributed by atoms with Crippen molar-refractivity contribution >= 4 is 5.91 Å². The molecule has 3 nitrogen and oxygen atoms in total. The van der Waals surface area contributed by atoms with E-state index >= 15 is 0 Å². The van der Waals surface area contributed by atoms with Gasteiger partial charge in [-0.25, -0.2) is 0 Å². The van der Waals surface area contributed by atoms with Crippen LogP contribution in [0.25, 0.3) is 0 Å². The molecule has 1 aromatic rings. The average molecular weight is 272 g/mol. The van der Waals surface area contributed by atoms with Gasteiger partial charge in [0.15, 0.2) is 0 Å². The summed E-state index contributed by atoms with van der Waals surface area (Å²) in [4.78, 5) is 14.7. The lowest BCUT2D eigenvalue weighted by molar-refractivity contribution is 0.0783. The second-order valence-corrected chi connectivity index (χ2v) is 6.68. The minimum atomic E-state index is 0.194. The molecule has 1 aliphatic carbocycles. The quantitative estimate of drug-likeness (QED) is 0.854. The van der Waals surface area contributed by atoms with Crippen molar-refractivity contribution in [2.45, 2.75) is 39.2 Å². The Morgan fingerprint density at radius 3 is 2.45 bits per heavy atom. The van der Waals surface area contributed by atoms with Gasteiger partial charge in [-0.05, 0) is 57.1 Å². The van der Waals surface area contributed by atoms with Crippen molar-refractivity contribution in [3.05, 3.63) is 34.9 Å². The van der Waals surface area contributed by atoms with E-state index in [2.05, 4.69) is 6.07 Å². The summed E-state index contributed by atoms with van der Waals surface area (Å²) < 4.78 is 0. The maximum absolute atomic E-state index is 12.7. The smallest absolute Gasteiger partial charge is 0.253 e. The molecule has 20 heavy (non-hydrogen) atoms. The molecule has 1 saturated heterocycles. The lowest BCUT2D eigenvalue weighted by Crippen LogP contribution is -2.32. The Labute approximate surface area is 121 Å². The van der Waals surface area contributed by atoms with Gasteiger partial charge in [-0.3, -0.25) is 4.79 Å². The van der Waals surface area contributed by atoms with Crippen LogP contribution in [0.15, 0.2) is 18.2 Å². The number of hydrogen-bond acceptors (Lipinski definition) is 2. The summed E-state index contributed by atoms with van der Waals surface area (Å²) in [6, 6.07) is 6.46. The normalized spacial score (nSPS) is 29.4. The van der Waals surface area contributed by atoms with Crippen molar-refractivity contribution in [3.8, 4) is 0 Å². The molecule has 1 aromatic carbocycles. The van der Waals surface area contributed by atoms with Crippen molar-refractivity contribution in [1.82, 2.24) is 4.90 Å². The van der Waals surface area contributed by atoms with Gasteiger partial charge < -0.3 is 10.6 Å². The Hall–Kier alpha value is -1.35. The molecule has 3 rings (SSSR count). The first kappa shape index (κ1) is 13.6. The van der Waals surface area contributed by atoms with E-state index in [9.17, 15) is 4.79 Å². The van der Waals surface area contributed by atoms with Crippen LogP contribution in [0, 0.1) is 25.7 Å². The summed E-state index contributed by atoms with van der Waals surface area (Å²) in [5.41, 5.74) is 9.22. The fraction of sp³-hybridized carbons (Fsp3) is 0.588. The van der Waals surface area contributed by atoms with Crippen LogP contribution in [0.3, 0.4) is 0 Å². The standard InChI is InChI=1S/C17H24N2O/c1-11-5-12(2)7-14(6-11)17(20)19-9-13-3-4-16(18)8-15(13)10-19/h5-7,13,15-16H,3-4,8-10,18H2,1-2H3/t13-,15+,16?/m1/s1. The SMILES string of the molecule is Cc1cc(C)cc(C(=O)N2C[C@H]3CCC(N)C[C@H]3C2)c1. The van der Waals surface area contributed by atoms with Crippen molar-refractivity contribution in [2.24, 2.45) is 17.6 Å². The Kier molecular flexibility index (Phi) is 3.55. The van der Waals surface area contributed by atoms with Gasteiger partial charge >= 0.3 is 0 Å². The molecule has 1 aliphatic heterocycles. The summed E-state index contributed by atoms with van der Waals surface area (Å²) >= 11 is 0. The number of benzene rings is 1. The predicted molar refractivity (Wildman–Crippen MR) is 80.6 cm³/mol. The maximum Gasteiger partial charge on any atom is 0.253 e. The number of aryl methyl sites for hydroxylation is 2. The van der Waals surface area contributed by atoms with Gasteiger partial charge in [0.1, 0.15) is 0 Å². The van der Waals surface area contributed by atoms with Crippen LogP contribution in [0.4, 0.5) is 0 Å². The molecule has 0 radical (unpaired) electrons. The first-order chi connectivity index (χ1) is 9.52. The van der Waals surface area contributed by atoms with Crippen molar-refractivity contribution in [1.29, 1.82) is 0 Å². The van der Waals surface area contributed by atoms with Crippen LogP contribution >= 0.6 is 0 Å². The largest absolute Gasteiger partial charge is 0.338 e. The Balaban J connectivity index is 1.75. The number of carbonyl (C=O) groups is 1. The van der Waals surface area contributed by atoms with Gasteiger partial charge in [0.25, 0.3) is 5.91 Å². The maximum atomic E-state index is 12.7. The first-order valence-corrected chi connectivity index (χ1v) is 7.66. The molecule has 3 heteroatoms. The molecule has 2 fully saturated rings. The number of nitrogens with zero attached hydrogens (tertiary/aromatic N) is 1. The number of likely N-dealkylation sites (tertiary alicyclic amines) is 1. The molecule has 3 atom stereocenters. The lowest BCUT2D eigenvalue weighted by atomic mass is 9.79. The highest BCUT2D eigenvalue weighted by Gasteiger charge is 2.38. The van der Waals surface area contributed by atoms with E-state index in [1.165, 1.54) is 6.42 Å². The zero-order valence-corrected chi connectivity index (χ0v) is 12.4. The van der Waals surface area contributed by atoms with Gasteiger partial charge in [0, 0.05) is 24.7 Å². The fourth-order valence-corrected chi connectivity index (χ4v) is 3.91. The Morgan fingerprint density at radius 1 is 1.10 bits per heavy atom. The van der Waals surface area contributed by atoms with Crippen LogP contribution in [0.2, 0.25) is 0 Å². The predicted octanol–water partition coefficient (Wildman–Crippen LogP) is 2.50.